The van der Waals surface area contributed by atoms with E-state index in [9.17, 15) is 0 Å². The minimum absolute atomic E-state index is 0.735. The van der Waals surface area contributed by atoms with Crippen LogP contribution >= 0.6 is 0 Å². The molecule has 0 saturated carbocycles. The molecule has 0 bridgehead atoms. The van der Waals surface area contributed by atoms with E-state index >= 15 is 0 Å². The summed E-state index contributed by atoms with van der Waals surface area (Å²) < 4.78 is 5.30. The van der Waals surface area contributed by atoms with Gasteiger partial charge < -0.3 is 20.7 Å². The number of fused-ring (bicyclic) bond motifs is 1. The van der Waals surface area contributed by atoms with Crippen molar-refractivity contribution in [3.8, 4) is 5.75 Å². The van der Waals surface area contributed by atoms with E-state index < -0.39 is 0 Å². The fourth-order valence-electron chi connectivity index (χ4n) is 2.32. The second-order valence-corrected chi connectivity index (χ2v) is 5.46. The third kappa shape index (κ3) is 5.06. The molecule has 0 amide bonds. The first-order chi connectivity index (χ1) is 11.2. The standard InChI is InChI=1S/C11H18N2.C7H8N2O/c1-4-5-6-10-11(9(2)3)13-8-7-12-10;1-2-6-7(8-3-1)9-4-5-10-6/h4-6,12-13H,7-8H2,1-3H3;1-3H,4-5H2,(H,8,9)/b5-4-,10-6+;. The quantitative estimate of drug-likeness (QED) is 0.744. The second-order valence-electron chi connectivity index (χ2n) is 5.46. The maximum Gasteiger partial charge on any atom is 0.168 e. The number of nitrogens with one attached hydrogen (secondary N) is 3. The van der Waals surface area contributed by atoms with Crippen LogP contribution in [0.4, 0.5) is 5.82 Å². The lowest BCUT2D eigenvalue weighted by Gasteiger charge is -2.23. The van der Waals surface area contributed by atoms with Crippen molar-refractivity contribution in [3.63, 3.8) is 0 Å². The number of nitrogens with zero attached hydrogens (tertiary/aromatic N) is 1. The van der Waals surface area contributed by atoms with Crippen LogP contribution < -0.4 is 20.7 Å². The van der Waals surface area contributed by atoms with E-state index in [0.29, 0.717) is 0 Å². The number of hydrogen-bond acceptors (Lipinski definition) is 5. The van der Waals surface area contributed by atoms with Gasteiger partial charge in [-0.1, -0.05) is 17.7 Å². The highest BCUT2D eigenvalue weighted by Crippen LogP contribution is 2.22. The SMILES string of the molecule is C/C=C\C=C1\NCCNC1=C(C)C.c1cnc2c(c1)OCCN2. The number of rotatable bonds is 1. The Kier molecular flexibility index (Phi) is 6.54. The second kappa shape index (κ2) is 8.88. The van der Waals surface area contributed by atoms with E-state index in [0.717, 1.165) is 37.8 Å². The lowest BCUT2D eigenvalue weighted by atomic mass is 10.1. The van der Waals surface area contributed by atoms with E-state index in [-0.39, 0.29) is 0 Å². The first-order valence-corrected chi connectivity index (χ1v) is 8.02. The highest BCUT2D eigenvalue weighted by molar-refractivity contribution is 5.50. The van der Waals surface area contributed by atoms with Crippen molar-refractivity contribution in [2.75, 3.05) is 31.6 Å². The Hall–Kier alpha value is -2.43. The van der Waals surface area contributed by atoms with Crippen LogP contribution in [0.5, 0.6) is 5.75 Å². The topological polar surface area (TPSA) is 58.2 Å². The molecule has 3 rings (SSSR count). The van der Waals surface area contributed by atoms with Gasteiger partial charge in [-0.2, -0.15) is 0 Å². The maximum absolute atomic E-state index is 5.30. The maximum atomic E-state index is 5.30. The van der Waals surface area contributed by atoms with Gasteiger partial charge in [-0.25, -0.2) is 4.98 Å². The summed E-state index contributed by atoms with van der Waals surface area (Å²) in [6.45, 7) is 9.86. The molecule has 0 atom stereocenters. The molecule has 2 aliphatic rings. The highest BCUT2D eigenvalue weighted by atomic mass is 16.5. The third-order valence-corrected chi connectivity index (χ3v) is 3.39. The van der Waals surface area contributed by atoms with Crippen LogP contribution in [-0.2, 0) is 0 Å². The molecule has 0 aliphatic carbocycles. The van der Waals surface area contributed by atoms with Crippen molar-refractivity contribution in [1.29, 1.82) is 0 Å². The van der Waals surface area contributed by atoms with Gasteiger partial charge in [0.15, 0.2) is 11.6 Å². The minimum Gasteiger partial charge on any atom is -0.488 e. The van der Waals surface area contributed by atoms with E-state index in [2.05, 4.69) is 46.9 Å². The zero-order valence-electron chi connectivity index (χ0n) is 14.1. The van der Waals surface area contributed by atoms with Crippen LogP contribution in [0.25, 0.3) is 0 Å². The summed E-state index contributed by atoms with van der Waals surface area (Å²) in [5.74, 6) is 1.71. The van der Waals surface area contributed by atoms with Crippen LogP contribution in [0, 0.1) is 0 Å². The Morgan fingerprint density at radius 2 is 2.00 bits per heavy atom. The van der Waals surface area contributed by atoms with Crippen LogP contribution in [-0.4, -0.2) is 31.2 Å². The van der Waals surface area contributed by atoms with Gasteiger partial charge in [0.25, 0.3) is 0 Å². The summed E-state index contributed by atoms with van der Waals surface area (Å²) in [6.07, 6.45) is 7.94. The average molecular weight is 314 g/mol. The molecule has 3 N–H and O–H groups in total. The van der Waals surface area contributed by atoms with Gasteiger partial charge in [0.1, 0.15) is 6.61 Å². The Labute approximate surface area is 138 Å². The summed E-state index contributed by atoms with van der Waals surface area (Å²) in [5, 5.41) is 9.89. The van der Waals surface area contributed by atoms with Crippen LogP contribution in [0.1, 0.15) is 20.8 Å². The number of piperazine rings is 1. The van der Waals surface area contributed by atoms with Crippen molar-refractivity contribution in [1.82, 2.24) is 15.6 Å². The van der Waals surface area contributed by atoms with Crippen molar-refractivity contribution < 1.29 is 4.74 Å². The Bertz CT molecular complexity index is 576. The highest BCUT2D eigenvalue weighted by Gasteiger charge is 2.09. The van der Waals surface area contributed by atoms with Gasteiger partial charge in [-0.05, 0) is 39.0 Å². The fourth-order valence-corrected chi connectivity index (χ4v) is 2.32. The zero-order chi connectivity index (χ0) is 16.5. The largest absolute Gasteiger partial charge is 0.488 e. The molecular weight excluding hydrogens is 288 g/mol. The first kappa shape index (κ1) is 16.9. The van der Waals surface area contributed by atoms with Gasteiger partial charge in [-0.3, -0.25) is 0 Å². The minimum atomic E-state index is 0.735. The molecule has 5 nitrogen and oxygen atoms in total. The van der Waals surface area contributed by atoms with Crippen LogP contribution in [0.2, 0.25) is 0 Å². The molecule has 124 valence electrons. The number of allylic oxidation sites excluding steroid dienone is 4. The number of ether oxygens (including phenoxy) is 1. The monoisotopic (exact) mass is 314 g/mol. The van der Waals surface area contributed by atoms with Gasteiger partial charge >= 0.3 is 0 Å². The van der Waals surface area contributed by atoms with E-state index in [4.69, 9.17) is 4.74 Å². The van der Waals surface area contributed by atoms with Gasteiger partial charge in [-0.15, -0.1) is 0 Å². The number of anilines is 1. The molecule has 1 aromatic rings. The van der Waals surface area contributed by atoms with Crippen molar-refractivity contribution in [2.45, 2.75) is 20.8 Å². The first-order valence-electron chi connectivity index (χ1n) is 8.02. The van der Waals surface area contributed by atoms with Crippen LogP contribution in [0.15, 0.2) is 53.5 Å². The van der Waals surface area contributed by atoms with Crippen LogP contribution in [0.3, 0.4) is 0 Å². The Balaban J connectivity index is 0.000000172. The predicted molar refractivity (Wildman–Crippen MR) is 95.5 cm³/mol. The van der Waals surface area contributed by atoms with Gasteiger partial charge in [0.2, 0.25) is 0 Å². The molecule has 0 spiro atoms. The molecule has 0 radical (unpaired) electrons. The molecule has 1 saturated heterocycles. The molecule has 1 fully saturated rings. The summed E-state index contributed by atoms with van der Waals surface area (Å²) in [7, 11) is 0. The van der Waals surface area contributed by atoms with Crippen molar-refractivity contribution in [2.24, 2.45) is 0 Å². The van der Waals surface area contributed by atoms with Gasteiger partial charge in [0, 0.05) is 19.3 Å². The molecule has 0 unspecified atom stereocenters. The summed E-state index contributed by atoms with van der Waals surface area (Å²) in [6, 6.07) is 3.78. The normalized spacial score (nSPS) is 17.9. The van der Waals surface area contributed by atoms with Gasteiger partial charge in [0.05, 0.1) is 17.9 Å². The molecule has 5 heteroatoms. The molecule has 3 heterocycles. The Morgan fingerprint density at radius 3 is 2.74 bits per heavy atom. The molecule has 0 aromatic carbocycles. The lowest BCUT2D eigenvalue weighted by Crippen LogP contribution is -2.36. The van der Waals surface area contributed by atoms with Crippen molar-refractivity contribution >= 4 is 5.82 Å². The molecule has 1 aromatic heterocycles. The Morgan fingerprint density at radius 1 is 1.17 bits per heavy atom. The average Bonchev–Trinajstić information content (AvgIpc) is 2.61. The zero-order valence-corrected chi connectivity index (χ0v) is 14.1. The van der Waals surface area contributed by atoms with E-state index in [1.807, 2.05) is 25.1 Å². The van der Waals surface area contributed by atoms with Crippen molar-refractivity contribution in [3.05, 3.63) is 53.5 Å². The summed E-state index contributed by atoms with van der Waals surface area (Å²) in [5.41, 5.74) is 3.76. The lowest BCUT2D eigenvalue weighted by molar-refractivity contribution is 0.321. The number of aromatic nitrogens is 1. The van der Waals surface area contributed by atoms with E-state index in [1.54, 1.807) is 6.20 Å². The number of pyridine rings is 1. The fraction of sp³-hybridized carbons (Fsp3) is 0.389. The predicted octanol–water partition coefficient (Wildman–Crippen LogP) is 2.82. The third-order valence-electron chi connectivity index (χ3n) is 3.39. The molecule has 2 aliphatic heterocycles. The molecular formula is C18H26N4O. The summed E-state index contributed by atoms with van der Waals surface area (Å²) in [4.78, 5) is 4.08. The van der Waals surface area contributed by atoms with E-state index in [1.165, 1.54) is 17.0 Å². The molecule has 23 heavy (non-hydrogen) atoms. The summed E-state index contributed by atoms with van der Waals surface area (Å²) >= 11 is 0. The number of hydrogen-bond donors (Lipinski definition) is 3. The smallest absolute Gasteiger partial charge is 0.168 e.